The van der Waals surface area contributed by atoms with Crippen LogP contribution in [-0.2, 0) is 6.18 Å². The summed E-state index contributed by atoms with van der Waals surface area (Å²) in [4.78, 5) is 0. The third kappa shape index (κ3) is 3.71. The average molecular weight is 253 g/mol. The van der Waals surface area contributed by atoms with Crippen LogP contribution in [0.15, 0.2) is 18.2 Å². The van der Waals surface area contributed by atoms with Gasteiger partial charge in [-0.15, -0.1) is 0 Å². The van der Waals surface area contributed by atoms with Crippen molar-refractivity contribution in [3.05, 3.63) is 34.3 Å². The highest BCUT2D eigenvalue weighted by Gasteiger charge is 2.33. The van der Waals surface area contributed by atoms with E-state index in [0.29, 0.717) is 5.56 Å². The largest absolute Gasteiger partial charge is 0.417 e. The van der Waals surface area contributed by atoms with E-state index >= 15 is 0 Å². The van der Waals surface area contributed by atoms with Gasteiger partial charge in [0.1, 0.15) is 0 Å². The number of hydrogen-bond donors (Lipinski definition) is 0. The third-order valence-electron chi connectivity index (χ3n) is 1.96. The Morgan fingerprint density at radius 3 is 2.00 bits per heavy atom. The topological polar surface area (TPSA) is 0 Å². The van der Waals surface area contributed by atoms with Gasteiger partial charge in [-0.05, 0) is 17.5 Å². The van der Waals surface area contributed by atoms with E-state index in [9.17, 15) is 13.2 Å². The summed E-state index contributed by atoms with van der Waals surface area (Å²) in [7, 11) is 0. The van der Waals surface area contributed by atoms with Crippen molar-refractivity contribution in [3.8, 4) is 0 Å². The van der Waals surface area contributed by atoms with Gasteiger partial charge in [0.25, 0.3) is 0 Å². The molecule has 0 aliphatic heterocycles. The minimum absolute atomic E-state index is 0.00944. The summed E-state index contributed by atoms with van der Waals surface area (Å²) < 4.78 is 37.2. The SMILES string of the molecule is CC.CC(C)c1cccc(C(F)(F)F)c1Cl. The summed E-state index contributed by atoms with van der Waals surface area (Å²) in [5, 5.41) is -0.185. The predicted octanol–water partition coefficient (Wildman–Crippen LogP) is 5.51. The molecule has 0 heterocycles. The number of alkyl halides is 3. The van der Waals surface area contributed by atoms with Crippen LogP contribution < -0.4 is 0 Å². The lowest BCUT2D eigenvalue weighted by Gasteiger charge is -2.14. The summed E-state index contributed by atoms with van der Waals surface area (Å²) in [6, 6.07) is 3.99. The van der Waals surface area contributed by atoms with E-state index in [1.165, 1.54) is 6.07 Å². The minimum atomic E-state index is -4.37. The molecule has 4 heteroatoms. The molecular weight excluding hydrogens is 237 g/mol. The second-order valence-corrected chi connectivity index (χ2v) is 3.74. The maximum absolute atomic E-state index is 12.4. The Balaban J connectivity index is 0.00000106. The van der Waals surface area contributed by atoms with Crippen molar-refractivity contribution in [1.82, 2.24) is 0 Å². The van der Waals surface area contributed by atoms with Crippen LogP contribution >= 0.6 is 11.6 Å². The molecule has 0 nitrogen and oxygen atoms in total. The molecule has 0 bridgehead atoms. The van der Waals surface area contributed by atoms with Crippen LogP contribution in [0.25, 0.3) is 0 Å². The standard InChI is InChI=1S/C10H10ClF3.C2H6/c1-6(2)7-4-3-5-8(9(7)11)10(12,13)14;1-2/h3-6H,1-2H3;1-2H3. The van der Waals surface area contributed by atoms with Crippen LogP contribution in [0.4, 0.5) is 13.2 Å². The lowest BCUT2D eigenvalue weighted by molar-refractivity contribution is -0.137. The fourth-order valence-corrected chi connectivity index (χ4v) is 1.67. The van der Waals surface area contributed by atoms with Crippen molar-refractivity contribution >= 4 is 11.6 Å². The predicted molar refractivity (Wildman–Crippen MR) is 61.9 cm³/mol. The second kappa shape index (κ2) is 6.14. The lowest BCUT2D eigenvalue weighted by atomic mass is 10.0. The van der Waals surface area contributed by atoms with Crippen molar-refractivity contribution in [1.29, 1.82) is 0 Å². The van der Waals surface area contributed by atoms with Crippen LogP contribution in [0, 0.1) is 0 Å². The van der Waals surface area contributed by atoms with Gasteiger partial charge in [0.05, 0.1) is 10.6 Å². The molecule has 1 rings (SSSR count). The van der Waals surface area contributed by atoms with Gasteiger partial charge >= 0.3 is 6.18 Å². The first kappa shape index (κ1) is 15.3. The van der Waals surface area contributed by atoms with Crippen LogP contribution in [0.3, 0.4) is 0 Å². The van der Waals surface area contributed by atoms with Gasteiger partial charge in [-0.3, -0.25) is 0 Å². The van der Waals surface area contributed by atoms with Gasteiger partial charge in [0, 0.05) is 0 Å². The highest BCUT2D eigenvalue weighted by Crippen LogP contribution is 2.38. The summed E-state index contributed by atoms with van der Waals surface area (Å²) in [5.74, 6) is -0.00944. The van der Waals surface area contributed by atoms with E-state index in [-0.39, 0.29) is 10.9 Å². The molecule has 0 unspecified atom stereocenters. The molecule has 1 aromatic carbocycles. The quantitative estimate of drug-likeness (QED) is 0.618. The molecule has 0 atom stereocenters. The van der Waals surface area contributed by atoms with Crippen molar-refractivity contribution in [3.63, 3.8) is 0 Å². The normalized spacial score (nSPS) is 11.1. The fraction of sp³-hybridized carbons (Fsp3) is 0.500. The zero-order valence-electron chi connectivity index (χ0n) is 9.82. The maximum Gasteiger partial charge on any atom is 0.417 e. The number of hydrogen-bond acceptors (Lipinski definition) is 0. The molecule has 0 saturated heterocycles. The van der Waals surface area contributed by atoms with Crippen LogP contribution in [0.5, 0.6) is 0 Å². The fourth-order valence-electron chi connectivity index (χ4n) is 1.21. The van der Waals surface area contributed by atoms with E-state index in [4.69, 9.17) is 11.6 Å². The summed E-state index contributed by atoms with van der Waals surface area (Å²) in [5.41, 5.74) is -0.230. The van der Waals surface area contributed by atoms with Crippen molar-refractivity contribution in [2.45, 2.75) is 39.8 Å². The zero-order chi connectivity index (χ0) is 12.9. The van der Waals surface area contributed by atoms with Crippen molar-refractivity contribution < 1.29 is 13.2 Å². The number of rotatable bonds is 1. The summed E-state index contributed by atoms with van der Waals surface area (Å²) in [6.07, 6.45) is -4.37. The average Bonchev–Trinajstić information content (AvgIpc) is 2.19. The highest BCUT2D eigenvalue weighted by molar-refractivity contribution is 6.32. The highest BCUT2D eigenvalue weighted by atomic mass is 35.5. The Bertz CT molecular complexity index is 330. The van der Waals surface area contributed by atoms with E-state index < -0.39 is 11.7 Å². The molecule has 0 aliphatic rings. The maximum atomic E-state index is 12.4. The number of benzene rings is 1. The first-order chi connectivity index (χ1) is 7.34. The van der Waals surface area contributed by atoms with Gasteiger partial charge in [-0.25, -0.2) is 0 Å². The van der Waals surface area contributed by atoms with Crippen LogP contribution in [0.1, 0.15) is 44.7 Å². The minimum Gasteiger partial charge on any atom is -0.166 e. The van der Waals surface area contributed by atoms with Crippen molar-refractivity contribution in [2.24, 2.45) is 0 Å². The van der Waals surface area contributed by atoms with E-state index in [1.807, 2.05) is 13.8 Å². The Morgan fingerprint density at radius 1 is 1.12 bits per heavy atom. The molecule has 0 aliphatic carbocycles. The molecule has 0 aromatic heterocycles. The van der Waals surface area contributed by atoms with Gasteiger partial charge in [-0.2, -0.15) is 13.2 Å². The second-order valence-electron chi connectivity index (χ2n) is 3.36. The van der Waals surface area contributed by atoms with Gasteiger partial charge in [0.15, 0.2) is 0 Å². The molecule has 0 radical (unpaired) electrons. The molecule has 0 spiro atoms. The molecular formula is C12H16ClF3. The molecule has 0 N–H and O–H groups in total. The van der Waals surface area contributed by atoms with E-state index in [1.54, 1.807) is 19.9 Å². The monoisotopic (exact) mass is 252 g/mol. The molecule has 0 saturated carbocycles. The molecule has 0 fully saturated rings. The Labute approximate surface area is 99.4 Å². The van der Waals surface area contributed by atoms with Gasteiger partial charge in [0.2, 0.25) is 0 Å². The van der Waals surface area contributed by atoms with Gasteiger partial charge < -0.3 is 0 Å². The van der Waals surface area contributed by atoms with Gasteiger partial charge in [-0.1, -0.05) is 51.4 Å². The molecule has 0 amide bonds. The summed E-state index contributed by atoms with van der Waals surface area (Å²) in [6.45, 7) is 7.61. The zero-order valence-corrected chi connectivity index (χ0v) is 10.6. The Kier molecular flexibility index (Phi) is 5.87. The third-order valence-corrected chi connectivity index (χ3v) is 2.38. The Morgan fingerprint density at radius 2 is 1.62 bits per heavy atom. The smallest absolute Gasteiger partial charge is 0.166 e. The molecule has 16 heavy (non-hydrogen) atoms. The van der Waals surface area contributed by atoms with Crippen LogP contribution in [-0.4, -0.2) is 0 Å². The van der Waals surface area contributed by atoms with E-state index in [0.717, 1.165) is 6.07 Å². The molecule has 1 aromatic rings. The van der Waals surface area contributed by atoms with E-state index in [2.05, 4.69) is 0 Å². The molecule has 92 valence electrons. The van der Waals surface area contributed by atoms with Crippen molar-refractivity contribution in [2.75, 3.05) is 0 Å². The lowest BCUT2D eigenvalue weighted by Crippen LogP contribution is -2.07. The number of halogens is 4. The first-order valence-electron chi connectivity index (χ1n) is 5.19. The first-order valence-corrected chi connectivity index (χ1v) is 5.57. The summed E-state index contributed by atoms with van der Waals surface area (Å²) >= 11 is 5.67. The van der Waals surface area contributed by atoms with Crippen LogP contribution in [0.2, 0.25) is 5.02 Å². The Hall–Kier alpha value is -0.700.